The average Bonchev–Trinajstić information content (AvgIpc) is 3.17. The number of aryl methyl sites for hydroxylation is 1. The van der Waals surface area contributed by atoms with Crippen LogP contribution in [0.1, 0.15) is 56.6 Å². The fourth-order valence-electron chi connectivity index (χ4n) is 4.72. The van der Waals surface area contributed by atoms with Crippen LogP contribution in [0.4, 0.5) is 0 Å². The summed E-state index contributed by atoms with van der Waals surface area (Å²) in [7, 11) is 0. The van der Waals surface area contributed by atoms with Crippen LogP contribution in [0.15, 0.2) is 15.8 Å². The molecule has 160 valence electrons. The van der Waals surface area contributed by atoms with E-state index in [0.717, 1.165) is 12.8 Å². The van der Waals surface area contributed by atoms with Crippen molar-refractivity contribution < 1.29 is 24.9 Å². The molecule has 0 unspecified atom stereocenters. The van der Waals surface area contributed by atoms with E-state index < -0.39 is 46.9 Å². The Labute approximate surface area is 166 Å². The molecule has 2 aliphatic rings. The van der Waals surface area contributed by atoms with Crippen molar-refractivity contribution in [2.24, 2.45) is 5.41 Å². The van der Waals surface area contributed by atoms with Gasteiger partial charge in [0.1, 0.15) is 12.2 Å². The summed E-state index contributed by atoms with van der Waals surface area (Å²) < 4.78 is 1.17. The number of nitrogens with one attached hydrogen (secondary N) is 2. The highest BCUT2D eigenvalue weighted by Gasteiger charge is 2.45. The predicted molar refractivity (Wildman–Crippen MR) is 101 cm³/mol. The Balaban J connectivity index is 1.71. The van der Waals surface area contributed by atoms with E-state index in [9.17, 15) is 34.5 Å². The van der Waals surface area contributed by atoms with Gasteiger partial charge < -0.3 is 20.6 Å². The molecule has 0 spiro atoms. The van der Waals surface area contributed by atoms with Gasteiger partial charge in [-0.15, -0.1) is 0 Å². The lowest BCUT2D eigenvalue weighted by Gasteiger charge is -2.27. The summed E-state index contributed by atoms with van der Waals surface area (Å²) in [6, 6.07) is -1.59. The van der Waals surface area contributed by atoms with E-state index in [-0.39, 0.29) is 30.7 Å². The number of hydrogen-bond acceptors (Lipinski definition) is 6. The normalized spacial score (nSPS) is 28.4. The van der Waals surface area contributed by atoms with Crippen molar-refractivity contribution in [3.8, 4) is 0 Å². The smallest absolute Gasteiger partial charge is 0.328 e. The van der Waals surface area contributed by atoms with E-state index in [1.165, 1.54) is 17.7 Å². The third-order valence-corrected chi connectivity index (χ3v) is 6.23. The first-order chi connectivity index (χ1) is 13.6. The second-order valence-electron chi connectivity index (χ2n) is 8.39. The molecule has 10 nitrogen and oxygen atoms in total. The third kappa shape index (κ3) is 4.43. The summed E-state index contributed by atoms with van der Waals surface area (Å²) in [4.78, 5) is 49.6. The van der Waals surface area contributed by atoms with Crippen LogP contribution in [0, 0.1) is 12.3 Å². The summed E-state index contributed by atoms with van der Waals surface area (Å²) >= 11 is 0. The molecular formula is C19H27N3O7. The fraction of sp³-hybridized carbons (Fsp3) is 0.684. The summed E-state index contributed by atoms with van der Waals surface area (Å²) in [5.74, 6) is -1.32. The number of nitrogens with zero attached hydrogens (tertiary/aromatic N) is 1. The van der Waals surface area contributed by atoms with Crippen LogP contribution < -0.4 is 16.6 Å². The van der Waals surface area contributed by atoms with Crippen LogP contribution in [0.5, 0.6) is 0 Å². The number of aliphatic hydroxyl groups is 2. The van der Waals surface area contributed by atoms with Gasteiger partial charge in [0.2, 0.25) is 5.91 Å². The second-order valence-corrected chi connectivity index (χ2v) is 8.39. The molecule has 0 saturated heterocycles. The van der Waals surface area contributed by atoms with Gasteiger partial charge in [-0.05, 0) is 31.6 Å². The predicted octanol–water partition coefficient (Wildman–Crippen LogP) is -0.578. The number of H-pyrrole nitrogens is 1. The molecule has 1 heterocycles. The number of rotatable bonds is 6. The Kier molecular flexibility index (Phi) is 5.95. The zero-order valence-corrected chi connectivity index (χ0v) is 16.3. The highest BCUT2D eigenvalue weighted by Crippen LogP contribution is 2.44. The van der Waals surface area contributed by atoms with Crippen LogP contribution in [-0.4, -0.2) is 55.0 Å². The molecule has 0 aromatic carbocycles. The molecule has 2 fully saturated rings. The number of carbonyl (C=O) groups excluding carboxylic acids is 1. The molecule has 29 heavy (non-hydrogen) atoms. The number of carbonyl (C=O) groups is 2. The third-order valence-electron chi connectivity index (χ3n) is 6.23. The first-order valence-corrected chi connectivity index (χ1v) is 9.81. The topological polar surface area (TPSA) is 162 Å². The minimum Gasteiger partial charge on any atom is -0.481 e. The molecule has 0 radical (unpaired) electrons. The number of hydrogen-bond donors (Lipinski definition) is 5. The number of amides is 1. The lowest BCUT2D eigenvalue weighted by molar-refractivity contribution is -0.140. The maximum atomic E-state index is 12.6. The maximum Gasteiger partial charge on any atom is 0.328 e. The highest BCUT2D eigenvalue weighted by molar-refractivity contribution is 5.78. The zero-order valence-electron chi connectivity index (χ0n) is 16.3. The first-order valence-electron chi connectivity index (χ1n) is 9.81. The van der Waals surface area contributed by atoms with Crippen molar-refractivity contribution in [3.05, 3.63) is 32.6 Å². The van der Waals surface area contributed by atoms with Gasteiger partial charge in [-0.3, -0.25) is 23.9 Å². The van der Waals surface area contributed by atoms with Gasteiger partial charge in [0.15, 0.2) is 0 Å². The Hall–Kier alpha value is -2.46. The van der Waals surface area contributed by atoms with E-state index in [1.807, 2.05) is 0 Å². The van der Waals surface area contributed by atoms with E-state index in [1.54, 1.807) is 0 Å². The van der Waals surface area contributed by atoms with E-state index >= 15 is 0 Å². The molecule has 2 aliphatic carbocycles. The molecular weight excluding hydrogens is 382 g/mol. The van der Waals surface area contributed by atoms with Crippen molar-refractivity contribution in [1.82, 2.24) is 14.9 Å². The van der Waals surface area contributed by atoms with Crippen LogP contribution in [-0.2, 0) is 9.59 Å². The molecule has 0 bridgehead atoms. The van der Waals surface area contributed by atoms with Crippen LogP contribution in [0.3, 0.4) is 0 Å². The average molecular weight is 409 g/mol. The quantitative estimate of drug-likeness (QED) is 0.420. The summed E-state index contributed by atoms with van der Waals surface area (Å²) in [6.45, 7) is 1.52. The van der Waals surface area contributed by atoms with Crippen molar-refractivity contribution in [1.29, 1.82) is 0 Å². The molecule has 4 atom stereocenters. The van der Waals surface area contributed by atoms with Gasteiger partial charge in [-0.1, -0.05) is 12.8 Å². The van der Waals surface area contributed by atoms with Crippen LogP contribution in [0.2, 0.25) is 0 Å². The van der Waals surface area contributed by atoms with Crippen molar-refractivity contribution in [3.63, 3.8) is 0 Å². The number of carboxylic acid groups (broad SMARTS) is 1. The molecule has 1 amide bonds. The lowest BCUT2D eigenvalue weighted by Crippen LogP contribution is -2.44. The molecule has 10 heteroatoms. The Morgan fingerprint density at radius 1 is 1.21 bits per heavy atom. The van der Waals surface area contributed by atoms with Crippen LogP contribution >= 0.6 is 0 Å². The van der Waals surface area contributed by atoms with Gasteiger partial charge >= 0.3 is 11.7 Å². The summed E-state index contributed by atoms with van der Waals surface area (Å²) in [6.07, 6.45) is 1.88. The second kappa shape index (κ2) is 8.11. The van der Waals surface area contributed by atoms with Gasteiger partial charge in [0, 0.05) is 18.2 Å². The zero-order chi connectivity index (χ0) is 21.3. The number of aromatic amines is 1. The number of carboxylic acids is 1. The Morgan fingerprint density at radius 2 is 1.86 bits per heavy atom. The SMILES string of the molecule is Cc1cn([C@H]2C[C@@H](NC(=O)CC3(CC(=O)O)CCCC3)[C@@H](O)[C@H]2O)c(=O)[nH]c1=O. The van der Waals surface area contributed by atoms with Crippen LogP contribution in [0.25, 0.3) is 0 Å². The molecule has 3 rings (SSSR count). The van der Waals surface area contributed by atoms with Gasteiger partial charge in [-0.2, -0.15) is 0 Å². The van der Waals surface area contributed by atoms with Gasteiger partial charge in [0.05, 0.1) is 18.5 Å². The van der Waals surface area contributed by atoms with Gasteiger partial charge in [0.25, 0.3) is 5.56 Å². The molecule has 0 aliphatic heterocycles. The van der Waals surface area contributed by atoms with Crippen molar-refractivity contribution >= 4 is 11.9 Å². The standard InChI is InChI=1S/C19H27N3O7/c1-10-9-22(18(29)21-17(10)28)12-6-11(15(26)16(12)27)20-13(23)7-19(8-14(24)25)4-2-3-5-19/h9,11-12,15-16,26-27H,2-8H2,1H3,(H,20,23)(H,24,25)(H,21,28,29)/t11-,12+,15-,16+/m1/s1. The van der Waals surface area contributed by atoms with E-state index in [0.29, 0.717) is 12.8 Å². The summed E-state index contributed by atoms with van der Waals surface area (Å²) in [5, 5.41) is 32.7. The van der Waals surface area contributed by atoms with Crippen molar-refractivity contribution in [2.75, 3.05) is 0 Å². The highest BCUT2D eigenvalue weighted by atomic mass is 16.4. The fourth-order valence-corrected chi connectivity index (χ4v) is 4.72. The monoisotopic (exact) mass is 409 g/mol. The Bertz CT molecular complexity index is 900. The maximum absolute atomic E-state index is 12.6. The molecule has 2 saturated carbocycles. The largest absolute Gasteiger partial charge is 0.481 e. The first kappa shape index (κ1) is 21.3. The minimum atomic E-state index is -1.30. The van der Waals surface area contributed by atoms with Crippen molar-refractivity contribution in [2.45, 2.75) is 76.2 Å². The van der Waals surface area contributed by atoms with E-state index in [2.05, 4.69) is 10.3 Å². The summed E-state index contributed by atoms with van der Waals surface area (Å²) in [5.41, 5.74) is -1.51. The lowest BCUT2D eigenvalue weighted by atomic mass is 9.79. The molecule has 1 aromatic heterocycles. The minimum absolute atomic E-state index is 0.0427. The number of aliphatic hydroxyl groups excluding tert-OH is 2. The van der Waals surface area contributed by atoms with Gasteiger partial charge in [-0.25, -0.2) is 4.79 Å². The number of aromatic nitrogens is 2. The Morgan fingerprint density at radius 3 is 2.48 bits per heavy atom. The molecule has 5 N–H and O–H groups in total. The molecule has 1 aromatic rings. The van der Waals surface area contributed by atoms with E-state index in [4.69, 9.17) is 0 Å². The number of aliphatic carboxylic acids is 1.